The van der Waals surface area contributed by atoms with Crippen molar-refractivity contribution in [2.75, 3.05) is 33.2 Å². The van der Waals surface area contributed by atoms with E-state index >= 15 is 0 Å². The van der Waals surface area contributed by atoms with Crippen LogP contribution in [-0.4, -0.2) is 73.7 Å². The molecule has 2 aromatic rings. The zero-order valence-corrected chi connectivity index (χ0v) is 29.1. The summed E-state index contributed by atoms with van der Waals surface area (Å²) in [6, 6.07) is 5.86. The molecule has 13 heteroatoms. The number of benzene rings is 2. The molecule has 9 nitrogen and oxygen atoms in total. The van der Waals surface area contributed by atoms with Gasteiger partial charge in [-0.15, -0.1) is 0 Å². The maximum atomic E-state index is 14.2. The third-order valence-corrected chi connectivity index (χ3v) is 6.93. The van der Waals surface area contributed by atoms with Gasteiger partial charge in [-0.25, -0.2) is 17.6 Å². The fourth-order valence-electron chi connectivity index (χ4n) is 5.01. The number of aryl methyl sites for hydroxylation is 3. The smallest absolute Gasteiger partial charge is 0.305 e. The molecule has 1 heterocycles. The van der Waals surface area contributed by atoms with Gasteiger partial charge in [-0.05, 0) is 80.6 Å². The minimum absolute atomic E-state index is 0.0225. The number of nitrogens with zero attached hydrogens (tertiary/aromatic N) is 1. The standard InChI is InChI=1S/C19H21F2NO2.C13H17F2N3O3.C4H10/c1-10-5-11(2)18(12(3)6-10)13-7-14(19(21)15(20)8-13)16(22-4)9-17(23)24;14-13(15)8-18(9-13)6-3-11(2-1-4-16-10-20)12(21)17-5-7-19;1-4(2)3/h5-8,16,22H,9H2,1-4H3,(H,23,24);1-2,4,7,10H,3,5-6,8-9H2,(H,16,20)(H,17,21);4H,1-3H3/b;4-1-,11-2+;. The van der Waals surface area contributed by atoms with Crippen LogP contribution >= 0.6 is 0 Å². The van der Waals surface area contributed by atoms with Crippen molar-refractivity contribution in [1.82, 2.24) is 20.9 Å². The van der Waals surface area contributed by atoms with E-state index in [4.69, 9.17) is 5.11 Å². The number of rotatable bonds is 14. The maximum Gasteiger partial charge on any atom is 0.305 e. The van der Waals surface area contributed by atoms with Crippen molar-refractivity contribution in [2.24, 2.45) is 5.92 Å². The van der Waals surface area contributed by atoms with Gasteiger partial charge in [0, 0.05) is 29.9 Å². The van der Waals surface area contributed by atoms with Crippen LogP contribution in [0.3, 0.4) is 0 Å². The minimum Gasteiger partial charge on any atom is -0.481 e. The summed E-state index contributed by atoms with van der Waals surface area (Å²) < 4.78 is 53.8. The van der Waals surface area contributed by atoms with Gasteiger partial charge in [0.2, 0.25) is 12.3 Å². The number of hydrogen-bond donors (Lipinski definition) is 4. The number of amides is 2. The number of carbonyl (C=O) groups excluding carboxylic acids is 3. The van der Waals surface area contributed by atoms with E-state index in [-0.39, 0.29) is 38.0 Å². The molecule has 0 aliphatic carbocycles. The van der Waals surface area contributed by atoms with E-state index in [0.717, 1.165) is 34.2 Å². The summed E-state index contributed by atoms with van der Waals surface area (Å²) in [7, 11) is 1.53. The molecule has 0 saturated carbocycles. The average Bonchev–Trinajstić information content (AvgIpc) is 2.98. The molecule has 0 spiro atoms. The lowest BCUT2D eigenvalue weighted by atomic mass is 9.91. The van der Waals surface area contributed by atoms with Crippen molar-refractivity contribution in [3.8, 4) is 11.1 Å². The molecule has 0 radical (unpaired) electrons. The Labute approximate surface area is 285 Å². The van der Waals surface area contributed by atoms with Crippen LogP contribution in [0.5, 0.6) is 0 Å². The highest BCUT2D eigenvalue weighted by Crippen LogP contribution is 2.33. The van der Waals surface area contributed by atoms with Crippen LogP contribution in [0.2, 0.25) is 0 Å². The predicted octanol–water partition coefficient (Wildman–Crippen LogP) is 5.78. The van der Waals surface area contributed by atoms with Gasteiger partial charge in [0.25, 0.3) is 5.92 Å². The van der Waals surface area contributed by atoms with Gasteiger partial charge in [0.15, 0.2) is 11.6 Å². The summed E-state index contributed by atoms with van der Waals surface area (Å²) in [5.41, 5.74) is 4.77. The van der Waals surface area contributed by atoms with Crippen LogP contribution in [0.1, 0.15) is 61.9 Å². The molecule has 0 bridgehead atoms. The van der Waals surface area contributed by atoms with E-state index in [2.05, 4.69) is 36.7 Å². The third-order valence-electron chi connectivity index (χ3n) is 6.93. The lowest BCUT2D eigenvalue weighted by Crippen LogP contribution is -2.56. The molecule has 1 aliphatic rings. The van der Waals surface area contributed by atoms with E-state index < -0.39 is 35.5 Å². The molecule has 1 unspecified atom stereocenters. The summed E-state index contributed by atoms with van der Waals surface area (Å²) in [4.78, 5) is 44.6. The van der Waals surface area contributed by atoms with Crippen LogP contribution in [0, 0.1) is 38.3 Å². The van der Waals surface area contributed by atoms with Crippen LogP contribution in [-0.2, 0) is 19.2 Å². The van der Waals surface area contributed by atoms with Crippen molar-refractivity contribution in [3.05, 3.63) is 82.1 Å². The second-order valence-electron chi connectivity index (χ2n) is 12.3. The minimum atomic E-state index is -2.64. The van der Waals surface area contributed by atoms with E-state index in [1.165, 1.54) is 36.4 Å². The Morgan fingerprint density at radius 2 is 1.61 bits per heavy atom. The van der Waals surface area contributed by atoms with Gasteiger partial charge < -0.3 is 25.9 Å². The Kier molecular flexibility index (Phi) is 18.2. The fraction of sp³-hybridized carbons (Fsp3) is 0.444. The first-order chi connectivity index (χ1) is 23.0. The van der Waals surface area contributed by atoms with E-state index in [1.807, 2.05) is 32.9 Å². The molecule has 1 aliphatic heterocycles. The fourth-order valence-corrected chi connectivity index (χ4v) is 5.01. The molecule has 1 saturated heterocycles. The number of nitrogens with one attached hydrogen (secondary N) is 3. The first-order valence-corrected chi connectivity index (χ1v) is 15.8. The number of likely N-dealkylation sites (tertiary alicyclic amines) is 1. The molecule has 4 N–H and O–H groups in total. The molecule has 0 aromatic heterocycles. The molecule has 1 fully saturated rings. The summed E-state index contributed by atoms with van der Waals surface area (Å²) in [6.07, 6.45) is 5.21. The van der Waals surface area contributed by atoms with Gasteiger partial charge in [-0.1, -0.05) is 44.5 Å². The van der Waals surface area contributed by atoms with Crippen molar-refractivity contribution < 1.29 is 41.8 Å². The Balaban J connectivity index is 0.000000445. The van der Waals surface area contributed by atoms with Crippen LogP contribution in [0.15, 0.2) is 48.2 Å². The predicted molar refractivity (Wildman–Crippen MR) is 182 cm³/mol. The number of carboxylic acids is 1. The van der Waals surface area contributed by atoms with Crippen molar-refractivity contribution >= 4 is 24.6 Å². The van der Waals surface area contributed by atoms with E-state index in [9.17, 15) is 36.7 Å². The molecule has 49 heavy (non-hydrogen) atoms. The molecule has 2 aromatic carbocycles. The molecule has 2 amide bonds. The number of halogens is 4. The molecule has 1 atom stereocenters. The molecule has 270 valence electrons. The zero-order valence-electron chi connectivity index (χ0n) is 29.1. The van der Waals surface area contributed by atoms with Gasteiger partial charge in [-0.2, -0.15) is 0 Å². The highest BCUT2D eigenvalue weighted by atomic mass is 19.3. The van der Waals surface area contributed by atoms with Crippen molar-refractivity contribution in [1.29, 1.82) is 0 Å². The topological polar surface area (TPSA) is 128 Å². The Hall–Kier alpha value is -4.36. The normalized spacial score (nSPS) is 14.5. The molecular weight excluding hydrogens is 644 g/mol. The van der Waals surface area contributed by atoms with E-state index in [0.29, 0.717) is 30.4 Å². The van der Waals surface area contributed by atoms with Gasteiger partial charge >= 0.3 is 5.97 Å². The van der Waals surface area contributed by atoms with Crippen LogP contribution in [0.4, 0.5) is 17.6 Å². The zero-order chi connectivity index (χ0) is 37.3. The van der Waals surface area contributed by atoms with Crippen molar-refractivity contribution in [3.63, 3.8) is 0 Å². The second-order valence-corrected chi connectivity index (χ2v) is 12.3. The second kappa shape index (κ2) is 20.9. The first kappa shape index (κ1) is 42.7. The lowest BCUT2D eigenvalue weighted by molar-refractivity contribution is -0.137. The highest BCUT2D eigenvalue weighted by molar-refractivity contribution is 5.94. The summed E-state index contributed by atoms with van der Waals surface area (Å²) in [5.74, 6) is -5.32. The number of aliphatic carboxylic acids is 1. The van der Waals surface area contributed by atoms with Crippen LogP contribution < -0.4 is 16.0 Å². The number of alkyl halides is 2. The summed E-state index contributed by atoms with van der Waals surface area (Å²) >= 11 is 0. The first-order valence-electron chi connectivity index (χ1n) is 15.8. The largest absolute Gasteiger partial charge is 0.481 e. The third kappa shape index (κ3) is 15.2. The SMILES string of the molecule is CC(C)C.CNC(CC(=O)O)c1cc(-c2c(C)cc(C)cc2C)cc(F)c1F.O=CCNC(=O)/C(=C/C=C\NC=O)CCN1CC(F)(F)C1. The number of carboxylic acid groups (broad SMARTS) is 1. The van der Waals surface area contributed by atoms with Gasteiger partial charge in [0.1, 0.15) is 6.29 Å². The Morgan fingerprint density at radius 3 is 2.10 bits per heavy atom. The number of aldehydes is 1. The van der Waals surface area contributed by atoms with E-state index in [1.54, 1.807) is 0 Å². The van der Waals surface area contributed by atoms with Gasteiger partial charge in [-0.3, -0.25) is 19.3 Å². The van der Waals surface area contributed by atoms with Gasteiger partial charge in [0.05, 0.1) is 26.1 Å². The monoisotopic (exact) mass is 692 g/mol. The quantitative estimate of drug-likeness (QED) is 0.0856. The Morgan fingerprint density at radius 1 is 1.02 bits per heavy atom. The highest BCUT2D eigenvalue weighted by Gasteiger charge is 2.43. The molecular formula is C36H48F4N4O5. The van der Waals surface area contributed by atoms with Crippen LogP contribution in [0.25, 0.3) is 11.1 Å². The number of hydrogen-bond acceptors (Lipinski definition) is 6. The maximum absolute atomic E-state index is 14.2. The number of allylic oxidation sites excluding steroid dienone is 2. The summed E-state index contributed by atoms with van der Waals surface area (Å²) in [6.45, 7) is 11.9. The van der Waals surface area contributed by atoms with Crippen molar-refractivity contribution in [2.45, 2.75) is 66.3 Å². The molecule has 3 rings (SSSR count). The summed E-state index contributed by atoms with van der Waals surface area (Å²) in [5, 5.41) is 16.4. The Bertz CT molecular complexity index is 1460. The lowest BCUT2D eigenvalue weighted by Gasteiger charge is -2.38. The number of carbonyl (C=O) groups is 4. The average molecular weight is 693 g/mol.